The third kappa shape index (κ3) is 3.04. The fraction of sp³-hybridized carbons (Fsp3) is 0.400. The maximum Gasteiger partial charge on any atom is 0.319 e. The van der Waals surface area contributed by atoms with Gasteiger partial charge in [-0.25, -0.2) is 4.99 Å². The van der Waals surface area contributed by atoms with Gasteiger partial charge in [0.15, 0.2) is 6.10 Å². The third-order valence-corrected chi connectivity index (χ3v) is 6.30. The zero-order valence-electron chi connectivity index (χ0n) is 18.0. The van der Waals surface area contributed by atoms with Crippen molar-refractivity contribution < 1.29 is 23.8 Å². The largest absolute Gasteiger partial charge is 0.479 e. The molecule has 2 aromatic carbocycles. The molecule has 0 saturated heterocycles. The topological polar surface area (TPSA) is 74.2 Å². The average molecular weight is 421 g/mol. The molecule has 1 saturated carbocycles. The molecule has 6 heteroatoms. The van der Waals surface area contributed by atoms with E-state index in [0.717, 1.165) is 11.1 Å². The van der Waals surface area contributed by atoms with E-state index in [4.69, 9.17) is 19.2 Å². The molecular formula is C25H27NO5. The second-order valence-corrected chi connectivity index (χ2v) is 7.86. The smallest absolute Gasteiger partial charge is 0.319 e. The number of rotatable bonds is 6. The van der Waals surface area contributed by atoms with Gasteiger partial charge < -0.3 is 14.2 Å². The Morgan fingerprint density at radius 1 is 1.00 bits per heavy atom. The van der Waals surface area contributed by atoms with Crippen LogP contribution < -0.4 is 0 Å². The molecule has 31 heavy (non-hydrogen) atoms. The Morgan fingerprint density at radius 3 is 2.23 bits per heavy atom. The number of nitrogens with zero attached hydrogens (tertiary/aromatic N) is 1. The van der Waals surface area contributed by atoms with Gasteiger partial charge in [-0.05, 0) is 31.4 Å². The highest BCUT2D eigenvalue weighted by molar-refractivity contribution is 5.98. The quantitative estimate of drug-likeness (QED) is 0.659. The number of carbonyl (C=O) groups is 2. The van der Waals surface area contributed by atoms with Crippen molar-refractivity contribution in [2.45, 2.75) is 44.8 Å². The number of ether oxygens (including phenoxy) is 3. The zero-order chi connectivity index (χ0) is 22.1. The van der Waals surface area contributed by atoms with Gasteiger partial charge in [-0.2, -0.15) is 0 Å². The first-order chi connectivity index (χ1) is 15.0. The first-order valence-corrected chi connectivity index (χ1v) is 10.7. The predicted molar refractivity (Wildman–Crippen MR) is 116 cm³/mol. The van der Waals surface area contributed by atoms with Crippen LogP contribution in [0.2, 0.25) is 0 Å². The van der Waals surface area contributed by atoms with Crippen LogP contribution in [0, 0.1) is 5.41 Å². The van der Waals surface area contributed by atoms with Crippen LogP contribution in [0.3, 0.4) is 0 Å². The van der Waals surface area contributed by atoms with E-state index in [1.165, 1.54) is 6.92 Å². The molecule has 4 rings (SSSR count). The Labute approximate surface area is 182 Å². The Hall–Kier alpha value is -3.15. The second-order valence-electron chi connectivity index (χ2n) is 7.86. The molecule has 0 aromatic heterocycles. The van der Waals surface area contributed by atoms with Crippen LogP contribution in [-0.2, 0) is 29.3 Å². The van der Waals surface area contributed by atoms with Crippen LogP contribution in [0.4, 0.5) is 0 Å². The molecule has 0 amide bonds. The Morgan fingerprint density at radius 2 is 1.65 bits per heavy atom. The van der Waals surface area contributed by atoms with Crippen molar-refractivity contribution in [3.8, 4) is 0 Å². The highest BCUT2D eigenvalue weighted by Crippen LogP contribution is 2.71. The summed E-state index contributed by atoms with van der Waals surface area (Å²) in [5.41, 5.74) is -0.252. The summed E-state index contributed by atoms with van der Waals surface area (Å²) in [4.78, 5) is 30.7. The summed E-state index contributed by atoms with van der Waals surface area (Å²) < 4.78 is 17.1. The summed E-state index contributed by atoms with van der Waals surface area (Å²) >= 11 is 0. The van der Waals surface area contributed by atoms with Gasteiger partial charge in [0.05, 0.1) is 13.2 Å². The van der Waals surface area contributed by atoms with Crippen LogP contribution in [0.5, 0.6) is 0 Å². The molecule has 6 nitrogen and oxygen atoms in total. The number of esters is 2. The molecule has 0 N–H and O–H groups in total. The lowest BCUT2D eigenvalue weighted by Crippen LogP contribution is -2.66. The number of carbonyl (C=O) groups excluding carboxylic acids is 2. The molecule has 1 aliphatic heterocycles. The van der Waals surface area contributed by atoms with Gasteiger partial charge in [0.1, 0.15) is 11.0 Å². The summed E-state index contributed by atoms with van der Waals surface area (Å²) in [7, 11) is 0. The van der Waals surface area contributed by atoms with Gasteiger partial charge >= 0.3 is 11.9 Å². The van der Waals surface area contributed by atoms with Crippen molar-refractivity contribution in [2.24, 2.45) is 10.4 Å². The van der Waals surface area contributed by atoms with E-state index in [2.05, 4.69) is 0 Å². The molecule has 1 fully saturated rings. The van der Waals surface area contributed by atoms with Gasteiger partial charge in [-0.15, -0.1) is 0 Å². The van der Waals surface area contributed by atoms with E-state index in [1.54, 1.807) is 6.92 Å². The van der Waals surface area contributed by atoms with Crippen LogP contribution in [0.1, 0.15) is 44.2 Å². The van der Waals surface area contributed by atoms with Crippen LogP contribution in [-0.4, -0.2) is 37.2 Å². The maximum atomic E-state index is 13.6. The van der Waals surface area contributed by atoms with Crippen molar-refractivity contribution in [2.75, 3.05) is 13.2 Å². The molecule has 1 heterocycles. The Balaban J connectivity index is 1.97. The van der Waals surface area contributed by atoms with E-state index in [-0.39, 0.29) is 18.4 Å². The molecular weight excluding hydrogens is 394 g/mol. The minimum Gasteiger partial charge on any atom is -0.479 e. The van der Waals surface area contributed by atoms with E-state index >= 15 is 0 Å². The minimum absolute atomic E-state index is 0.100. The summed E-state index contributed by atoms with van der Waals surface area (Å²) in [6, 6.07) is 19.7. The van der Waals surface area contributed by atoms with Crippen LogP contribution in [0.15, 0.2) is 65.7 Å². The van der Waals surface area contributed by atoms with Gasteiger partial charge in [-0.3, -0.25) is 9.59 Å². The van der Waals surface area contributed by atoms with Crippen molar-refractivity contribution >= 4 is 17.8 Å². The van der Waals surface area contributed by atoms with Gasteiger partial charge in [0.2, 0.25) is 5.90 Å². The van der Waals surface area contributed by atoms with Crippen molar-refractivity contribution in [1.82, 2.24) is 0 Å². The number of hydrogen-bond acceptors (Lipinski definition) is 6. The van der Waals surface area contributed by atoms with Gasteiger partial charge in [-0.1, -0.05) is 60.7 Å². The highest BCUT2D eigenvalue weighted by Gasteiger charge is 2.80. The van der Waals surface area contributed by atoms with E-state index in [9.17, 15) is 9.59 Å². The maximum absolute atomic E-state index is 13.6. The van der Waals surface area contributed by atoms with Gasteiger partial charge in [0, 0.05) is 12.8 Å². The van der Waals surface area contributed by atoms with Crippen molar-refractivity contribution in [3.05, 3.63) is 71.8 Å². The number of benzene rings is 2. The monoisotopic (exact) mass is 421 g/mol. The molecule has 4 atom stereocenters. The van der Waals surface area contributed by atoms with Crippen molar-refractivity contribution in [3.63, 3.8) is 0 Å². The number of fused-ring (bicyclic) bond motifs is 1. The SMILES string of the molecule is CCOC(=O)[C@]12C[C@@H](c3ccccc3)[C@@]1(c1ccccc1)N=C(OCC)[C@H]2OC(C)=O. The number of aliphatic imine (C=N–C) groups is 1. The summed E-state index contributed by atoms with van der Waals surface area (Å²) in [5.74, 6) is -0.742. The molecule has 0 spiro atoms. The molecule has 2 aromatic rings. The summed E-state index contributed by atoms with van der Waals surface area (Å²) in [5, 5.41) is 0. The fourth-order valence-electron chi connectivity index (χ4n) is 5.17. The summed E-state index contributed by atoms with van der Waals surface area (Å²) in [6.07, 6.45) is -0.507. The Kier molecular flexibility index (Phi) is 5.56. The normalized spacial score (nSPS) is 28.7. The number of hydrogen-bond donors (Lipinski definition) is 0. The molecule has 0 unspecified atom stereocenters. The van der Waals surface area contributed by atoms with Crippen molar-refractivity contribution in [1.29, 1.82) is 0 Å². The lowest BCUT2D eigenvalue weighted by Gasteiger charge is -2.58. The predicted octanol–water partition coefficient (Wildman–Crippen LogP) is 4.00. The average Bonchev–Trinajstić information content (AvgIpc) is 2.95. The molecule has 1 aliphatic carbocycles. The molecule has 162 valence electrons. The lowest BCUT2D eigenvalue weighted by molar-refractivity contribution is -0.189. The molecule has 0 bridgehead atoms. The summed E-state index contributed by atoms with van der Waals surface area (Å²) in [6.45, 7) is 5.51. The Bertz CT molecular complexity index is 989. The zero-order valence-corrected chi connectivity index (χ0v) is 18.0. The first-order valence-electron chi connectivity index (χ1n) is 10.7. The minimum atomic E-state index is -1.19. The first kappa shape index (κ1) is 21.1. The van der Waals surface area contributed by atoms with E-state index in [1.807, 2.05) is 67.6 Å². The second kappa shape index (κ2) is 8.17. The highest BCUT2D eigenvalue weighted by atomic mass is 16.6. The van der Waals surface area contributed by atoms with E-state index in [0.29, 0.717) is 13.0 Å². The molecule has 2 aliphatic rings. The fourth-order valence-corrected chi connectivity index (χ4v) is 5.17. The third-order valence-electron chi connectivity index (χ3n) is 6.30. The van der Waals surface area contributed by atoms with Crippen LogP contribution >= 0.6 is 0 Å². The van der Waals surface area contributed by atoms with Gasteiger partial charge in [0.25, 0.3) is 0 Å². The van der Waals surface area contributed by atoms with E-state index < -0.39 is 29.0 Å². The lowest BCUT2D eigenvalue weighted by atomic mass is 9.44. The standard InChI is InChI=1S/C25H27NO5/c1-4-29-22-21(31-17(3)27)24(23(28)30-5-2)16-20(18-12-8-6-9-13-18)25(24,26-22)19-14-10-7-11-15-19/h6-15,20-21H,4-5,16H2,1-3H3/t20-,21+,24+,25+/m0/s1. The molecule has 0 radical (unpaired) electrons. The van der Waals surface area contributed by atoms with Crippen LogP contribution in [0.25, 0.3) is 0 Å².